The lowest BCUT2D eigenvalue weighted by Gasteiger charge is -2.56. The van der Waals surface area contributed by atoms with E-state index in [9.17, 15) is 14.4 Å². The molecule has 1 aromatic rings. The summed E-state index contributed by atoms with van der Waals surface area (Å²) in [5.74, 6) is 2.21. The average molecular weight is 438 g/mol. The fraction of sp³-hybridized carbons (Fsp3) is 0.654. The molecule has 5 aliphatic rings. The standard InChI is InChI=1S/C26H35N3O3/c1-3-23(30)27-20-7-6-16(2)21(12-20)28-24(31)22-5-4-8-29(22)25(32)26-13-17-9-18(14-26)11-19(10-17)15-26/h6-7,12,17-19,22H,3-5,8-11,13-15H2,1-2H3,(H,27,30)(H,28,31). The molecule has 1 unspecified atom stereocenters. The van der Waals surface area contributed by atoms with Crippen LogP contribution in [0.25, 0.3) is 0 Å². The number of rotatable bonds is 5. The fourth-order valence-electron chi connectivity index (χ4n) is 7.26. The van der Waals surface area contributed by atoms with Gasteiger partial charge in [0.05, 0.1) is 5.41 Å². The van der Waals surface area contributed by atoms with Crippen molar-refractivity contribution in [1.82, 2.24) is 4.90 Å². The van der Waals surface area contributed by atoms with E-state index in [-0.39, 0.29) is 23.1 Å². The highest BCUT2D eigenvalue weighted by atomic mass is 16.2. The van der Waals surface area contributed by atoms with Gasteiger partial charge >= 0.3 is 0 Å². The van der Waals surface area contributed by atoms with E-state index in [0.717, 1.165) is 37.7 Å². The number of amides is 3. The molecule has 6 rings (SSSR count). The Balaban J connectivity index is 1.31. The zero-order chi connectivity index (χ0) is 22.5. The maximum atomic E-state index is 13.8. The molecule has 6 heteroatoms. The highest BCUT2D eigenvalue weighted by molar-refractivity contribution is 6.00. The number of benzene rings is 1. The van der Waals surface area contributed by atoms with Crippen LogP contribution in [0.5, 0.6) is 0 Å². The topological polar surface area (TPSA) is 78.5 Å². The number of carbonyl (C=O) groups is 3. The van der Waals surface area contributed by atoms with Gasteiger partial charge in [-0.25, -0.2) is 0 Å². The van der Waals surface area contributed by atoms with Crippen molar-refractivity contribution in [2.45, 2.75) is 77.7 Å². The third kappa shape index (κ3) is 3.82. The Bertz CT molecular complexity index is 905. The Kier molecular flexibility index (Phi) is 5.50. The van der Waals surface area contributed by atoms with E-state index >= 15 is 0 Å². The summed E-state index contributed by atoms with van der Waals surface area (Å²) in [6, 6.07) is 5.15. The highest BCUT2D eigenvalue weighted by Crippen LogP contribution is 2.60. The molecule has 1 saturated heterocycles. The van der Waals surface area contributed by atoms with Gasteiger partial charge in [-0.2, -0.15) is 0 Å². The van der Waals surface area contributed by atoms with Crippen LogP contribution < -0.4 is 10.6 Å². The lowest BCUT2D eigenvalue weighted by atomic mass is 9.49. The number of likely N-dealkylation sites (tertiary alicyclic amines) is 1. The molecule has 0 radical (unpaired) electrons. The van der Waals surface area contributed by atoms with Gasteiger partial charge in [-0.15, -0.1) is 0 Å². The molecule has 1 atom stereocenters. The number of nitrogens with zero attached hydrogens (tertiary/aromatic N) is 1. The first-order valence-corrected chi connectivity index (χ1v) is 12.4. The van der Waals surface area contributed by atoms with Gasteiger partial charge in [0.2, 0.25) is 17.7 Å². The monoisotopic (exact) mass is 437 g/mol. The predicted octanol–water partition coefficient (Wildman–Crippen LogP) is 4.49. The van der Waals surface area contributed by atoms with E-state index in [1.807, 2.05) is 30.9 Å². The van der Waals surface area contributed by atoms with E-state index in [0.29, 0.717) is 42.1 Å². The highest BCUT2D eigenvalue weighted by Gasteiger charge is 2.56. The molecule has 0 aromatic heterocycles. The fourth-order valence-corrected chi connectivity index (χ4v) is 7.26. The molecule has 3 amide bonds. The van der Waals surface area contributed by atoms with Crippen LogP contribution in [-0.4, -0.2) is 35.2 Å². The number of anilines is 2. The first-order valence-electron chi connectivity index (χ1n) is 12.4. The molecule has 4 aliphatic carbocycles. The number of nitrogens with one attached hydrogen (secondary N) is 2. The second-order valence-electron chi connectivity index (χ2n) is 10.8. The normalized spacial score (nSPS) is 32.8. The molecule has 6 nitrogen and oxygen atoms in total. The first-order chi connectivity index (χ1) is 15.4. The van der Waals surface area contributed by atoms with Gasteiger partial charge in [-0.05, 0) is 93.7 Å². The van der Waals surface area contributed by atoms with Gasteiger partial charge in [0.15, 0.2) is 0 Å². The lowest BCUT2D eigenvalue weighted by Crippen LogP contribution is -2.56. The maximum absolute atomic E-state index is 13.8. The lowest BCUT2D eigenvalue weighted by molar-refractivity contribution is -0.160. The van der Waals surface area contributed by atoms with Crippen molar-refractivity contribution in [2.24, 2.45) is 23.2 Å². The van der Waals surface area contributed by atoms with Gasteiger partial charge in [0.1, 0.15) is 6.04 Å². The second-order valence-corrected chi connectivity index (χ2v) is 10.8. The summed E-state index contributed by atoms with van der Waals surface area (Å²) in [5, 5.41) is 5.91. The van der Waals surface area contributed by atoms with Crippen molar-refractivity contribution in [3.05, 3.63) is 23.8 Å². The summed E-state index contributed by atoms with van der Waals surface area (Å²) in [4.78, 5) is 40.8. The zero-order valence-electron chi connectivity index (χ0n) is 19.3. The zero-order valence-corrected chi connectivity index (χ0v) is 19.3. The molecule has 1 aromatic carbocycles. The van der Waals surface area contributed by atoms with Gasteiger partial charge in [-0.1, -0.05) is 13.0 Å². The molecule has 0 spiro atoms. The molecule has 1 aliphatic heterocycles. The van der Waals surface area contributed by atoms with Crippen LogP contribution in [0.1, 0.15) is 70.3 Å². The van der Waals surface area contributed by atoms with Gasteiger partial charge in [0.25, 0.3) is 0 Å². The Morgan fingerprint density at radius 1 is 1.03 bits per heavy atom. The van der Waals surface area contributed by atoms with Crippen LogP contribution in [0.4, 0.5) is 11.4 Å². The van der Waals surface area contributed by atoms with E-state index < -0.39 is 6.04 Å². The van der Waals surface area contributed by atoms with Crippen molar-refractivity contribution >= 4 is 29.1 Å². The Hall–Kier alpha value is -2.37. The van der Waals surface area contributed by atoms with Crippen LogP contribution in [0.2, 0.25) is 0 Å². The van der Waals surface area contributed by atoms with Crippen LogP contribution >= 0.6 is 0 Å². The summed E-state index contributed by atoms with van der Waals surface area (Å²) in [6.07, 6.45) is 9.00. The van der Waals surface area contributed by atoms with Crippen LogP contribution in [-0.2, 0) is 14.4 Å². The second kappa shape index (κ2) is 8.20. The molecule has 4 bridgehead atoms. The molecule has 4 saturated carbocycles. The van der Waals surface area contributed by atoms with Gasteiger partial charge < -0.3 is 15.5 Å². The largest absolute Gasteiger partial charge is 0.330 e. The van der Waals surface area contributed by atoms with Crippen LogP contribution in [0.3, 0.4) is 0 Å². The smallest absolute Gasteiger partial charge is 0.247 e. The van der Waals surface area contributed by atoms with Gasteiger partial charge in [0, 0.05) is 24.3 Å². The van der Waals surface area contributed by atoms with E-state index in [4.69, 9.17) is 0 Å². The van der Waals surface area contributed by atoms with Crippen LogP contribution in [0.15, 0.2) is 18.2 Å². The minimum atomic E-state index is -0.399. The van der Waals surface area contributed by atoms with Crippen molar-refractivity contribution in [2.75, 3.05) is 17.2 Å². The molecule has 5 fully saturated rings. The molecule has 32 heavy (non-hydrogen) atoms. The minimum Gasteiger partial charge on any atom is -0.330 e. The van der Waals surface area contributed by atoms with Gasteiger partial charge in [-0.3, -0.25) is 14.4 Å². The summed E-state index contributed by atoms with van der Waals surface area (Å²) >= 11 is 0. The van der Waals surface area contributed by atoms with E-state index in [2.05, 4.69) is 10.6 Å². The number of hydrogen-bond donors (Lipinski definition) is 2. The summed E-state index contributed by atoms with van der Waals surface area (Å²) in [6.45, 7) is 4.43. The molecular formula is C26H35N3O3. The minimum absolute atomic E-state index is 0.0609. The predicted molar refractivity (Wildman–Crippen MR) is 124 cm³/mol. The Labute approximate surface area is 190 Å². The van der Waals surface area contributed by atoms with Crippen molar-refractivity contribution in [3.8, 4) is 0 Å². The molecule has 1 heterocycles. The Morgan fingerprint density at radius 2 is 1.69 bits per heavy atom. The number of carbonyl (C=O) groups excluding carboxylic acids is 3. The Morgan fingerprint density at radius 3 is 2.31 bits per heavy atom. The van der Waals surface area contributed by atoms with E-state index in [1.165, 1.54) is 19.3 Å². The van der Waals surface area contributed by atoms with Crippen molar-refractivity contribution in [3.63, 3.8) is 0 Å². The van der Waals surface area contributed by atoms with Crippen molar-refractivity contribution in [1.29, 1.82) is 0 Å². The molecule has 2 N–H and O–H groups in total. The average Bonchev–Trinajstić information content (AvgIpc) is 3.24. The number of hydrogen-bond acceptors (Lipinski definition) is 3. The maximum Gasteiger partial charge on any atom is 0.247 e. The molecule has 172 valence electrons. The third-order valence-corrected chi connectivity index (χ3v) is 8.41. The number of aryl methyl sites for hydroxylation is 1. The van der Waals surface area contributed by atoms with Crippen LogP contribution in [0, 0.1) is 30.1 Å². The SMILES string of the molecule is CCC(=O)Nc1ccc(C)c(NC(=O)C2CCCN2C(=O)C23CC4CC(CC(C4)C2)C3)c1. The quantitative estimate of drug-likeness (QED) is 0.712. The summed E-state index contributed by atoms with van der Waals surface area (Å²) in [5.41, 5.74) is 2.09. The third-order valence-electron chi connectivity index (χ3n) is 8.41. The van der Waals surface area contributed by atoms with E-state index in [1.54, 1.807) is 6.07 Å². The summed E-state index contributed by atoms with van der Waals surface area (Å²) < 4.78 is 0. The van der Waals surface area contributed by atoms with Crippen molar-refractivity contribution < 1.29 is 14.4 Å². The molecular weight excluding hydrogens is 402 g/mol. The summed E-state index contributed by atoms with van der Waals surface area (Å²) in [7, 11) is 0. The first kappa shape index (κ1) is 21.5.